The molecule has 0 saturated carbocycles. The number of aromatic nitrogens is 3. The summed E-state index contributed by atoms with van der Waals surface area (Å²) in [5, 5.41) is 7.33. The highest BCUT2D eigenvalue weighted by Gasteiger charge is 2.25. The normalized spacial score (nSPS) is 17.8. The standard InChI is InChI=1S/C18H25N5O/c1-3-14-7-8-15(4-2)17(10-14)21-18(24)22-9-5-6-16(11-22)23-13-19-12-20-23/h7-8,10,12-13,16H,3-6,9,11H2,1-2H3,(H,21,24)/t16-/m1/s1. The second-order valence-electron chi connectivity index (χ2n) is 6.25. The van der Waals surface area contributed by atoms with Gasteiger partial charge in [-0.1, -0.05) is 26.0 Å². The molecule has 2 amide bonds. The molecule has 3 rings (SSSR count). The smallest absolute Gasteiger partial charge is 0.321 e. The van der Waals surface area contributed by atoms with Crippen molar-refractivity contribution in [3.8, 4) is 0 Å². The van der Waals surface area contributed by atoms with Crippen LogP contribution in [0.5, 0.6) is 0 Å². The van der Waals surface area contributed by atoms with Crippen LogP contribution in [0, 0.1) is 0 Å². The molecular weight excluding hydrogens is 302 g/mol. The van der Waals surface area contributed by atoms with Crippen LogP contribution in [-0.4, -0.2) is 38.8 Å². The topological polar surface area (TPSA) is 63.1 Å². The van der Waals surface area contributed by atoms with Gasteiger partial charge in [0.25, 0.3) is 0 Å². The second kappa shape index (κ2) is 7.47. The monoisotopic (exact) mass is 327 g/mol. The fraction of sp³-hybridized carbons (Fsp3) is 0.500. The molecule has 1 aliphatic heterocycles. The van der Waals surface area contributed by atoms with Crippen molar-refractivity contribution >= 4 is 11.7 Å². The molecule has 128 valence electrons. The number of urea groups is 1. The van der Waals surface area contributed by atoms with E-state index in [2.05, 4.69) is 47.4 Å². The molecule has 1 aromatic carbocycles. The Balaban J connectivity index is 1.70. The Hall–Kier alpha value is -2.37. The Kier molecular flexibility index (Phi) is 5.13. The number of likely N-dealkylation sites (tertiary alicyclic amines) is 1. The summed E-state index contributed by atoms with van der Waals surface area (Å²) in [4.78, 5) is 18.6. The molecule has 2 heterocycles. The van der Waals surface area contributed by atoms with E-state index in [4.69, 9.17) is 0 Å². The number of anilines is 1. The molecule has 1 N–H and O–H groups in total. The van der Waals surface area contributed by atoms with Gasteiger partial charge in [-0.2, -0.15) is 5.10 Å². The van der Waals surface area contributed by atoms with Gasteiger partial charge in [-0.05, 0) is 42.9 Å². The van der Waals surface area contributed by atoms with Crippen molar-refractivity contribution in [2.45, 2.75) is 45.6 Å². The molecule has 6 heteroatoms. The van der Waals surface area contributed by atoms with Crippen LogP contribution in [0.1, 0.15) is 43.9 Å². The molecule has 1 aliphatic rings. The lowest BCUT2D eigenvalue weighted by atomic mass is 10.0. The van der Waals surface area contributed by atoms with Crippen LogP contribution in [0.4, 0.5) is 10.5 Å². The molecule has 0 radical (unpaired) electrons. The third kappa shape index (κ3) is 3.58. The van der Waals surface area contributed by atoms with Gasteiger partial charge in [-0.15, -0.1) is 0 Å². The lowest BCUT2D eigenvalue weighted by Crippen LogP contribution is -2.43. The van der Waals surface area contributed by atoms with Gasteiger partial charge in [0.05, 0.1) is 6.04 Å². The summed E-state index contributed by atoms with van der Waals surface area (Å²) < 4.78 is 1.86. The number of carbonyl (C=O) groups excluding carboxylic acids is 1. The number of hydrogen-bond acceptors (Lipinski definition) is 3. The number of hydrogen-bond donors (Lipinski definition) is 1. The molecule has 2 aromatic rings. The molecule has 1 saturated heterocycles. The average molecular weight is 327 g/mol. The van der Waals surface area contributed by atoms with Crippen LogP contribution in [0.15, 0.2) is 30.9 Å². The summed E-state index contributed by atoms with van der Waals surface area (Å²) in [6.45, 7) is 5.69. The molecular formula is C18H25N5O. The lowest BCUT2D eigenvalue weighted by Gasteiger charge is -2.32. The Morgan fingerprint density at radius 2 is 2.21 bits per heavy atom. The number of aryl methyl sites for hydroxylation is 2. The molecule has 1 atom stereocenters. The van der Waals surface area contributed by atoms with Crippen LogP contribution in [0.25, 0.3) is 0 Å². The molecule has 6 nitrogen and oxygen atoms in total. The van der Waals surface area contributed by atoms with Crippen molar-refractivity contribution in [1.82, 2.24) is 19.7 Å². The zero-order chi connectivity index (χ0) is 16.9. The minimum Gasteiger partial charge on any atom is -0.322 e. The second-order valence-corrected chi connectivity index (χ2v) is 6.25. The third-order valence-corrected chi connectivity index (χ3v) is 4.70. The van der Waals surface area contributed by atoms with Crippen LogP contribution < -0.4 is 5.32 Å². The maximum atomic E-state index is 12.7. The fourth-order valence-corrected chi connectivity index (χ4v) is 3.22. The van der Waals surface area contributed by atoms with E-state index in [1.807, 2.05) is 9.58 Å². The van der Waals surface area contributed by atoms with Gasteiger partial charge in [0, 0.05) is 18.8 Å². The first-order chi connectivity index (χ1) is 11.7. The van der Waals surface area contributed by atoms with Crippen molar-refractivity contribution in [3.05, 3.63) is 42.0 Å². The van der Waals surface area contributed by atoms with Gasteiger partial charge in [0.1, 0.15) is 12.7 Å². The van der Waals surface area contributed by atoms with Gasteiger partial charge in [-0.25, -0.2) is 14.5 Å². The number of carbonyl (C=O) groups is 1. The summed E-state index contributed by atoms with van der Waals surface area (Å²) in [6, 6.07) is 6.52. The highest BCUT2D eigenvalue weighted by atomic mass is 16.2. The minimum atomic E-state index is -0.0252. The Morgan fingerprint density at radius 1 is 1.33 bits per heavy atom. The number of piperidine rings is 1. The van der Waals surface area contributed by atoms with Gasteiger partial charge in [-0.3, -0.25) is 0 Å². The Bertz CT molecular complexity index is 683. The number of benzene rings is 1. The Morgan fingerprint density at radius 3 is 2.92 bits per heavy atom. The summed E-state index contributed by atoms with van der Waals surface area (Å²) in [5.41, 5.74) is 3.34. The maximum absolute atomic E-state index is 12.7. The fourth-order valence-electron chi connectivity index (χ4n) is 3.22. The zero-order valence-corrected chi connectivity index (χ0v) is 14.4. The van der Waals surface area contributed by atoms with E-state index in [1.54, 1.807) is 12.7 Å². The van der Waals surface area contributed by atoms with Crippen LogP contribution >= 0.6 is 0 Å². The predicted molar refractivity (Wildman–Crippen MR) is 94.1 cm³/mol. The van der Waals surface area contributed by atoms with E-state index in [0.29, 0.717) is 6.54 Å². The van der Waals surface area contributed by atoms with E-state index >= 15 is 0 Å². The first kappa shape index (κ1) is 16.5. The van der Waals surface area contributed by atoms with Gasteiger partial charge in [0.15, 0.2) is 0 Å². The first-order valence-corrected chi connectivity index (χ1v) is 8.73. The van der Waals surface area contributed by atoms with Gasteiger partial charge >= 0.3 is 6.03 Å². The SMILES string of the molecule is CCc1ccc(CC)c(NC(=O)N2CCC[C@@H](n3cncn3)C2)c1. The van der Waals surface area contributed by atoms with Crippen molar-refractivity contribution in [2.24, 2.45) is 0 Å². The minimum absolute atomic E-state index is 0.0252. The summed E-state index contributed by atoms with van der Waals surface area (Å²) in [6.07, 6.45) is 7.15. The zero-order valence-electron chi connectivity index (χ0n) is 14.4. The Labute approximate surface area is 142 Å². The lowest BCUT2D eigenvalue weighted by molar-refractivity contribution is 0.174. The molecule has 0 aliphatic carbocycles. The van der Waals surface area contributed by atoms with Crippen LogP contribution in [-0.2, 0) is 12.8 Å². The van der Waals surface area contributed by atoms with Crippen molar-refractivity contribution in [3.63, 3.8) is 0 Å². The molecule has 1 aromatic heterocycles. The van der Waals surface area contributed by atoms with Crippen molar-refractivity contribution in [2.75, 3.05) is 18.4 Å². The molecule has 0 spiro atoms. The summed E-state index contributed by atoms with van der Waals surface area (Å²) >= 11 is 0. The van der Waals surface area contributed by atoms with E-state index in [-0.39, 0.29) is 12.1 Å². The molecule has 24 heavy (non-hydrogen) atoms. The van der Waals surface area contributed by atoms with E-state index in [0.717, 1.165) is 37.9 Å². The largest absolute Gasteiger partial charge is 0.322 e. The molecule has 1 fully saturated rings. The quantitative estimate of drug-likeness (QED) is 0.937. The van der Waals surface area contributed by atoms with E-state index in [9.17, 15) is 4.79 Å². The first-order valence-electron chi connectivity index (χ1n) is 8.73. The number of rotatable bonds is 4. The van der Waals surface area contributed by atoms with Gasteiger partial charge in [0.2, 0.25) is 0 Å². The summed E-state index contributed by atoms with van der Waals surface area (Å²) in [5.74, 6) is 0. The van der Waals surface area contributed by atoms with Crippen LogP contribution in [0.2, 0.25) is 0 Å². The highest BCUT2D eigenvalue weighted by molar-refractivity contribution is 5.90. The van der Waals surface area contributed by atoms with Crippen molar-refractivity contribution in [1.29, 1.82) is 0 Å². The molecule has 0 unspecified atom stereocenters. The van der Waals surface area contributed by atoms with Gasteiger partial charge < -0.3 is 10.2 Å². The predicted octanol–water partition coefficient (Wildman–Crippen LogP) is 3.27. The van der Waals surface area contributed by atoms with Crippen LogP contribution in [0.3, 0.4) is 0 Å². The van der Waals surface area contributed by atoms with E-state index < -0.39 is 0 Å². The number of nitrogens with zero attached hydrogens (tertiary/aromatic N) is 4. The summed E-state index contributed by atoms with van der Waals surface area (Å²) in [7, 11) is 0. The highest BCUT2D eigenvalue weighted by Crippen LogP contribution is 2.23. The average Bonchev–Trinajstić information content (AvgIpc) is 3.16. The molecule has 0 bridgehead atoms. The van der Waals surface area contributed by atoms with Crippen molar-refractivity contribution < 1.29 is 4.79 Å². The van der Waals surface area contributed by atoms with E-state index in [1.165, 1.54) is 11.1 Å². The number of nitrogens with one attached hydrogen (secondary N) is 1. The third-order valence-electron chi connectivity index (χ3n) is 4.70. The number of amides is 2. The maximum Gasteiger partial charge on any atom is 0.321 e.